The minimum absolute atomic E-state index is 0.122. The van der Waals surface area contributed by atoms with Crippen molar-refractivity contribution in [2.75, 3.05) is 24.8 Å². The van der Waals surface area contributed by atoms with E-state index >= 15 is 0 Å². The number of carbonyl (C=O) groups excluding carboxylic acids is 2. The van der Waals surface area contributed by atoms with Gasteiger partial charge in [-0.3, -0.25) is 15.3 Å². The molecule has 1 atom stereocenters. The molecule has 0 aliphatic rings. The van der Waals surface area contributed by atoms with Crippen LogP contribution < -0.4 is 15.5 Å². The number of unbranched alkanes of at least 4 members (excludes halogenated alkanes) is 1. The average Bonchev–Trinajstić information content (AvgIpc) is 2.82. The van der Waals surface area contributed by atoms with Gasteiger partial charge in [0.2, 0.25) is 0 Å². The van der Waals surface area contributed by atoms with Crippen molar-refractivity contribution in [3.05, 3.63) is 66.2 Å². The number of hydrogen-bond donors (Lipinski definition) is 4. The van der Waals surface area contributed by atoms with Gasteiger partial charge in [0.1, 0.15) is 18.5 Å². The molecule has 32 heavy (non-hydrogen) atoms. The molecule has 0 bridgehead atoms. The fraction of sp³-hybridized carbons (Fsp3) is 0.304. The third-order valence-electron chi connectivity index (χ3n) is 4.42. The number of carbonyl (C=O) groups is 2. The molecule has 0 spiro atoms. The number of para-hydroxylation sites is 1. The first-order chi connectivity index (χ1) is 15.6. The molecule has 8 nitrogen and oxygen atoms in total. The van der Waals surface area contributed by atoms with Gasteiger partial charge in [-0.15, -0.1) is 11.8 Å². The number of allylic oxidation sites excluding steroid dienone is 1. The largest absolute Gasteiger partial charge is 0.491 e. The summed E-state index contributed by atoms with van der Waals surface area (Å²) in [7, 11) is 0. The molecule has 0 aliphatic heterocycles. The van der Waals surface area contributed by atoms with Crippen LogP contribution in [0, 0.1) is 0 Å². The van der Waals surface area contributed by atoms with Gasteiger partial charge in [0.25, 0.3) is 5.91 Å². The predicted octanol–water partition coefficient (Wildman–Crippen LogP) is 4.30. The van der Waals surface area contributed by atoms with E-state index in [2.05, 4.69) is 5.32 Å². The van der Waals surface area contributed by atoms with E-state index in [-0.39, 0.29) is 13.2 Å². The summed E-state index contributed by atoms with van der Waals surface area (Å²) < 4.78 is 11.3. The molecule has 2 rings (SSSR count). The van der Waals surface area contributed by atoms with E-state index in [9.17, 15) is 9.59 Å². The Morgan fingerprint density at radius 3 is 2.59 bits per heavy atom. The minimum Gasteiger partial charge on any atom is -0.491 e. The lowest BCUT2D eigenvalue weighted by Crippen LogP contribution is -2.18. The van der Waals surface area contributed by atoms with Crippen LogP contribution in [0.15, 0.2) is 65.6 Å². The smallest absolute Gasteiger partial charge is 0.412 e. The fourth-order valence-electron chi connectivity index (χ4n) is 2.91. The quantitative estimate of drug-likeness (QED) is 0.123. The van der Waals surface area contributed by atoms with E-state index < -0.39 is 18.1 Å². The Morgan fingerprint density at radius 1 is 1.16 bits per heavy atom. The average molecular weight is 461 g/mol. The number of thioether (sulfide) groups is 1. The van der Waals surface area contributed by atoms with Crippen LogP contribution in [-0.4, -0.2) is 41.8 Å². The van der Waals surface area contributed by atoms with Crippen molar-refractivity contribution in [2.45, 2.75) is 30.3 Å². The van der Waals surface area contributed by atoms with Crippen LogP contribution >= 0.6 is 11.8 Å². The number of aliphatic hydroxyl groups excluding tert-OH is 1. The van der Waals surface area contributed by atoms with Gasteiger partial charge in [0.15, 0.2) is 0 Å². The van der Waals surface area contributed by atoms with Crippen molar-refractivity contribution < 1.29 is 29.4 Å². The van der Waals surface area contributed by atoms with E-state index in [1.165, 1.54) is 11.6 Å². The summed E-state index contributed by atoms with van der Waals surface area (Å²) in [5.41, 5.74) is 2.84. The zero-order chi connectivity index (χ0) is 23.2. The van der Waals surface area contributed by atoms with Gasteiger partial charge in [-0.1, -0.05) is 24.3 Å². The van der Waals surface area contributed by atoms with E-state index in [4.69, 9.17) is 19.8 Å². The molecule has 0 aliphatic carbocycles. The van der Waals surface area contributed by atoms with Crippen molar-refractivity contribution in [1.82, 2.24) is 5.48 Å². The van der Waals surface area contributed by atoms with Crippen molar-refractivity contribution in [3.63, 3.8) is 0 Å². The maximum absolute atomic E-state index is 12.6. The van der Waals surface area contributed by atoms with Crippen LogP contribution in [0.5, 0.6) is 5.75 Å². The number of anilines is 1. The highest BCUT2D eigenvalue weighted by atomic mass is 32.2. The molecule has 0 aromatic heterocycles. The molecule has 0 heterocycles. The summed E-state index contributed by atoms with van der Waals surface area (Å²) in [6, 6.07) is 14.6. The summed E-state index contributed by atoms with van der Waals surface area (Å²) in [4.78, 5) is 24.7. The number of hydroxylamine groups is 1. The van der Waals surface area contributed by atoms with Gasteiger partial charge in [-0.2, -0.15) is 0 Å². The lowest BCUT2D eigenvalue weighted by Gasteiger charge is -2.21. The second kappa shape index (κ2) is 14.1. The Bertz CT molecular complexity index is 888. The zero-order valence-electron chi connectivity index (χ0n) is 17.8. The molecule has 9 heteroatoms. The summed E-state index contributed by atoms with van der Waals surface area (Å²) in [5.74, 6) is -0.0775. The summed E-state index contributed by atoms with van der Waals surface area (Å²) in [6.07, 6.45) is 5.28. The molecular weight excluding hydrogens is 432 g/mol. The minimum atomic E-state index is -0.604. The second-order valence-corrected chi connectivity index (χ2v) is 7.55. The maximum Gasteiger partial charge on any atom is 0.412 e. The zero-order valence-corrected chi connectivity index (χ0v) is 18.6. The Hall–Kier alpha value is -3.01. The summed E-state index contributed by atoms with van der Waals surface area (Å²) >= 11 is 1.61. The standard InChI is InChI=1S/C23H28N2O6S/c1-32-18-13-11-17(12-14-18)24-23(28)31-21(9-3-2-4-10-22(27)25-29)19-7-5-6-8-20(19)30-16-15-26/h4-8,10-14,21,26,29H,2-3,9,15-16H2,1H3,(H,24,28)(H,25,27)/b10-4+/t21-/m1/s1. The molecule has 172 valence electrons. The normalized spacial score (nSPS) is 11.7. The first-order valence-corrected chi connectivity index (χ1v) is 11.3. The number of amides is 2. The topological polar surface area (TPSA) is 117 Å². The van der Waals surface area contributed by atoms with Gasteiger partial charge >= 0.3 is 6.09 Å². The number of ether oxygens (including phenoxy) is 2. The number of aliphatic hydroxyl groups is 1. The molecule has 2 amide bonds. The molecule has 4 N–H and O–H groups in total. The van der Waals surface area contributed by atoms with Gasteiger partial charge in [-0.05, 0) is 55.9 Å². The number of nitrogens with one attached hydrogen (secondary N) is 2. The highest BCUT2D eigenvalue weighted by Crippen LogP contribution is 2.32. The molecule has 2 aromatic carbocycles. The van der Waals surface area contributed by atoms with Crippen LogP contribution in [0.4, 0.5) is 10.5 Å². The Morgan fingerprint density at radius 2 is 1.91 bits per heavy atom. The van der Waals surface area contributed by atoms with E-state index in [0.717, 1.165) is 4.90 Å². The van der Waals surface area contributed by atoms with Crippen LogP contribution in [0.2, 0.25) is 0 Å². The van der Waals surface area contributed by atoms with Crippen molar-refractivity contribution in [1.29, 1.82) is 0 Å². The van der Waals surface area contributed by atoms with Gasteiger partial charge in [0.05, 0.1) is 6.61 Å². The van der Waals surface area contributed by atoms with Gasteiger partial charge in [-0.25, -0.2) is 10.3 Å². The van der Waals surface area contributed by atoms with E-state index in [1.807, 2.05) is 30.5 Å². The Kier molecular flexibility index (Phi) is 11.1. The Balaban J connectivity index is 2.09. The van der Waals surface area contributed by atoms with Crippen LogP contribution in [0.1, 0.15) is 30.9 Å². The molecule has 0 radical (unpaired) electrons. The summed E-state index contributed by atoms with van der Waals surface area (Å²) in [6.45, 7) is -0.0131. The van der Waals surface area contributed by atoms with Crippen molar-refractivity contribution in [2.24, 2.45) is 0 Å². The number of rotatable bonds is 12. The fourth-order valence-corrected chi connectivity index (χ4v) is 3.32. The van der Waals surface area contributed by atoms with Crippen LogP contribution in [0.3, 0.4) is 0 Å². The summed E-state index contributed by atoms with van der Waals surface area (Å²) in [5, 5.41) is 20.4. The second-order valence-electron chi connectivity index (χ2n) is 6.67. The van der Waals surface area contributed by atoms with Crippen LogP contribution in [-0.2, 0) is 9.53 Å². The van der Waals surface area contributed by atoms with E-state index in [1.54, 1.807) is 42.1 Å². The number of hydrogen-bond acceptors (Lipinski definition) is 7. The molecule has 0 fully saturated rings. The molecule has 0 saturated carbocycles. The predicted molar refractivity (Wildman–Crippen MR) is 123 cm³/mol. The molecule has 2 aromatic rings. The SMILES string of the molecule is CSc1ccc(NC(=O)O[C@H](CCC/C=C/C(=O)NO)c2ccccc2OCCO)cc1. The van der Waals surface area contributed by atoms with Gasteiger partial charge < -0.3 is 14.6 Å². The Labute approximate surface area is 191 Å². The third-order valence-corrected chi connectivity index (χ3v) is 5.16. The molecule has 0 saturated heterocycles. The van der Waals surface area contributed by atoms with Gasteiger partial charge in [0, 0.05) is 22.2 Å². The van der Waals surface area contributed by atoms with Crippen molar-refractivity contribution in [3.8, 4) is 5.75 Å². The van der Waals surface area contributed by atoms with Crippen molar-refractivity contribution >= 4 is 29.4 Å². The lowest BCUT2D eigenvalue weighted by molar-refractivity contribution is -0.124. The molecule has 0 unspecified atom stereocenters. The first-order valence-electron chi connectivity index (χ1n) is 10.1. The van der Waals surface area contributed by atoms with E-state index in [0.29, 0.717) is 36.3 Å². The highest BCUT2D eigenvalue weighted by Gasteiger charge is 2.20. The third kappa shape index (κ3) is 8.62. The van der Waals surface area contributed by atoms with Crippen LogP contribution in [0.25, 0.3) is 0 Å². The number of benzene rings is 2. The maximum atomic E-state index is 12.6. The lowest BCUT2D eigenvalue weighted by atomic mass is 10.0. The highest BCUT2D eigenvalue weighted by molar-refractivity contribution is 7.98. The molecular formula is C23H28N2O6S. The first kappa shape index (κ1) is 25.3. The monoisotopic (exact) mass is 460 g/mol.